The highest BCUT2D eigenvalue weighted by Gasteiger charge is 2.23. The Morgan fingerprint density at radius 3 is 2.06 bits per heavy atom. The van der Waals surface area contributed by atoms with E-state index in [0.29, 0.717) is 15.6 Å². The van der Waals surface area contributed by atoms with Crippen LogP contribution in [0.25, 0.3) is 0 Å². The summed E-state index contributed by atoms with van der Waals surface area (Å²) < 4.78 is 0. The number of rotatable bonds is 3. The Balaban J connectivity index is 3.10. The van der Waals surface area contributed by atoms with Crippen LogP contribution in [-0.2, 0) is 0 Å². The third-order valence-electron chi connectivity index (χ3n) is 2.51. The molecule has 1 aromatic rings. The minimum Gasteiger partial charge on any atom is -0.334 e. The highest BCUT2D eigenvalue weighted by atomic mass is 35.5. The Labute approximate surface area is 113 Å². The van der Waals surface area contributed by atoms with Gasteiger partial charge < -0.3 is 4.90 Å². The summed E-state index contributed by atoms with van der Waals surface area (Å²) in [5.74, 6) is -0.0586. The molecule has 0 aliphatic rings. The molecule has 0 atom stereocenters. The van der Waals surface area contributed by atoms with E-state index in [1.54, 1.807) is 23.1 Å². The molecular formula is C13H17Cl2NO. The van der Waals surface area contributed by atoms with Crippen molar-refractivity contribution in [2.75, 3.05) is 0 Å². The second kappa shape index (κ2) is 5.74. The quantitative estimate of drug-likeness (QED) is 0.806. The molecule has 0 aliphatic carbocycles. The Kier molecular flexibility index (Phi) is 4.84. The second-order valence-electron chi connectivity index (χ2n) is 4.52. The van der Waals surface area contributed by atoms with Crippen LogP contribution >= 0.6 is 23.2 Å². The summed E-state index contributed by atoms with van der Waals surface area (Å²) in [6, 6.07) is 5.21. The molecule has 1 amide bonds. The summed E-state index contributed by atoms with van der Waals surface area (Å²) in [4.78, 5) is 14.2. The molecule has 0 aliphatic heterocycles. The molecule has 0 radical (unpaired) electrons. The standard InChI is InChI=1S/C13H17Cl2NO/c1-8(2)16(9(3)4)13(17)11-6-5-10(14)7-12(11)15/h5-9H,1-4H3. The first kappa shape index (κ1) is 14.3. The maximum atomic E-state index is 12.4. The van der Waals surface area contributed by atoms with Gasteiger partial charge in [-0.1, -0.05) is 23.2 Å². The number of benzene rings is 1. The summed E-state index contributed by atoms with van der Waals surface area (Å²) in [5, 5.41) is 0.931. The molecule has 0 unspecified atom stereocenters. The van der Waals surface area contributed by atoms with Gasteiger partial charge in [-0.05, 0) is 45.9 Å². The zero-order valence-electron chi connectivity index (χ0n) is 10.5. The van der Waals surface area contributed by atoms with Gasteiger partial charge in [0.2, 0.25) is 0 Å². The van der Waals surface area contributed by atoms with Crippen molar-refractivity contribution < 1.29 is 4.79 Å². The topological polar surface area (TPSA) is 20.3 Å². The molecule has 0 aromatic heterocycles. The number of hydrogen-bond donors (Lipinski definition) is 0. The van der Waals surface area contributed by atoms with Crippen LogP contribution in [0, 0.1) is 0 Å². The molecule has 2 nitrogen and oxygen atoms in total. The van der Waals surface area contributed by atoms with Gasteiger partial charge in [-0.15, -0.1) is 0 Å². The van der Waals surface area contributed by atoms with E-state index in [1.807, 2.05) is 27.7 Å². The number of hydrogen-bond acceptors (Lipinski definition) is 1. The van der Waals surface area contributed by atoms with Crippen LogP contribution in [0.5, 0.6) is 0 Å². The van der Waals surface area contributed by atoms with E-state index in [4.69, 9.17) is 23.2 Å². The van der Waals surface area contributed by atoms with E-state index in [1.165, 1.54) is 0 Å². The zero-order chi connectivity index (χ0) is 13.2. The third kappa shape index (κ3) is 3.36. The van der Waals surface area contributed by atoms with Crippen LogP contribution < -0.4 is 0 Å². The molecule has 94 valence electrons. The number of amides is 1. The lowest BCUT2D eigenvalue weighted by Crippen LogP contribution is -2.42. The first-order chi connectivity index (χ1) is 7.84. The van der Waals surface area contributed by atoms with Crippen molar-refractivity contribution in [2.45, 2.75) is 39.8 Å². The first-order valence-electron chi connectivity index (χ1n) is 5.62. The lowest BCUT2D eigenvalue weighted by molar-refractivity contribution is 0.0644. The molecule has 1 aromatic carbocycles. The summed E-state index contributed by atoms with van der Waals surface area (Å²) in [5.41, 5.74) is 0.499. The van der Waals surface area contributed by atoms with Crippen molar-refractivity contribution in [2.24, 2.45) is 0 Å². The minimum atomic E-state index is -0.0586. The van der Waals surface area contributed by atoms with Crippen molar-refractivity contribution in [3.8, 4) is 0 Å². The van der Waals surface area contributed by atoms with Crippen molar-refractivity contribution in [1.29, 1.82) is 0 Å². The van der Waals surface area contributed by atoms with Gasteiger partial charge in [0.1, 0.15) is 0 Å². The third-order valence-corrected chi connectivity index (χ3v) is 3.06. The lowest BCUT2D eigenvalue weighted by Gasteiger charge is -2.31. The first-order valence-corrected chi connectivity index (χ1v) is 6.38. The monoisotopic (exact) mass is 273 g/mol. The molecule has 0 bridgehead atoms. The molecule has 0 N–H and O–H groups in total. The SMILES string of the molecule is CC(C)N(C(=O)c1ccc(Cl)cc1Cl)C(C)C. The van der Waals surface area contributed by atoms with Gasteiger partial charge >= 0.3 is 0 Å². The largest absolute Gasteiger partial charge is 0.334 e. The van der Waals surface area contributed by atoms with Crippen LogP contribution in [0.4, 0.5) is 0 Å². The number of halogens is 2. The van der Waals surface area contributed by atoms with Crippen LogP contribution in [0.15, 0.2) is 18.2 Å². The van der Waals surface area contributed by atoms with Gasteiger partial charge in [0, 0.05) is 17.1 Å². The van der Waals surface area contributed by atoms with Crippen LogP contribution in [-0.4, -0.2) is 22.9 Å². The molecule has 0 spiro atoms. The molecule has 17 heavy (non-hydrogen) atoms. The summed E-state index contributed by atoms with van der Waals surface area (Å²) in [6.45, 7) is 7.95. The smallest absolute Gasteiger partial charge is 0.255 e. The molecule has 4 heteroatoms. The van der Waals surface area contributed by atoms with Gasteiger partial charge in [-0.25, -0.2) is 0 Å². The van der Waals surface area contributed by atoms with Gasteiger partial charge in [0.05, 0.1) is 10.6 Å². The van der Waals surface area contributed by atoms with Crippen molar-refractivity contribution in [3.63, 3.8) is 0 Å². The molecule has 0 saturated carbocycles. The Morgan fingerprint density at radius 1 is 1.12 bits per heavy atom. The maximum absolute atomic E-state index is 12.4. The Morgan fingerprint density at radius 2 is 1.65 bits per heavy atom. The van der Waals surface area contributed by atoms with Crippen molar-refractivity contribution in [1.82, 2.24) is 4.90 Å². The normalized spacial score (nSPS) is 11.1. The molecule has 0 heterocycles. The summed E-state index contributed by atoms with van der Waals surface area (Å²) >= 11 is 11.9. The minimum absolute atomic E-state index is 0.0586. The highest BCUT2D eigenvalue weighted by molar-refractivity contribution is 6.36. The fourth-order valence-electron chi connectivity index (χ4n) is 1.87. The van der Waals surface area contributed by atoms with Gasteiger partial charge in [-0.3, -0.25) is 4.79 Å². The highest BCUT2D eigenvalue weighted by Crippen LogP contribution is 2.23. The summed E-state index contributed by atoms with van der Waals surface area (Å²) in [7, 11) is 0. The number of carbonyl (C=O) groups is 1. The van der Waals surface area contributed by atoms with Crippen molar-refractivity contribution in [3.05, 3.63) is 33.8 Å². The Hall–Kier alpha value is -0.730. The average Bonchev–Trinajstić information content (AvgIpc) is 2.15. The van der Waals surface area contributed by atoms with Crippen LogP contribution in [0.3, 0.4) is 0 Å². The Bertz CT molecular complexity index is 408. The molecule has 0 saturated heterocycles. The fraction of sp³-hybridized carbons (Fsp3) is 0.462. The van der Waals surface area contributed by atoms with E-state index in [-0.39, 0.29) is 18.0 Å². The van der Waals surface area contributed by atoms with E-state index in [2.05, 4.69) is 0 Å². The van der Waals surface area contributed by atoms with Crippen LogP contribution in [0.2, 0.25) is 10.0 Å². The predicted octanol–water partition coefficient (Wildman–Crippen LogP) is 4.25. The van der Waals surface area contributed by atoms with Gasteiger partial charge in [0.15, 0.2) is 0 Å². The van der Waals surface area contributed by atoms with Crippen LogP contribution in [0.1, 0.15) is 38.1 Å². The molecular weight excluding hydrogens is 257 g/mol. The maximum Gasteiger partial charge on any atom is 0.255 e. The van der Waals surface area contributed by atoms with Gasteiger partial charge in [0.25, 0.3) is 5.91 Å². The van der Waals surface area contributed by atoms with E-state index in [9.17, 15) is 4.79 Å². The van der Waals surface area contributed by atoms with E-state index >= 15 is 0 Å². The average molecular weight is 274 g/mol. The van der Waals surface area contributed by atoms with Crippen molar-refractivity contribution >= 4 is 29.1 Å². The van der Waals surface area contributed by atoms with E-state index in [0.717, 1.165) is 0 Å². The van der Waals surface area contributed by atoms with E-state index < -0.39 is 0 Å². The zero-order valence-corrected chi connectivity index (χ0v) is 12.0. The molecule has 0 fully saturated rings. The lowest BCUT2D eigenvalue weighted by atomic mass is 10.1. The van der Waals surface area contributed by atoms with Gasteiger partial charge in [-0.2, -0.15) is 0 Å². The predicted molar refractivity (Wildman–Crippen MR) is 72.9 cm³/mol. The number of carbonyl (C=O) groups excluding carboxylic acids is 1. The number of nitrogens with zero attached hydrogens (tertiary/aromatic N) is 1. The fourth-order valence-corrected chi connectivity index (χ4v) is 2.36. The molecule has 1 rings (SSSR count). The summed E-state index contributed by atoms with van der Waals surface area (Å²) in [6.07, 6.45) is 0. The second-order valence-corrected chi connectivity index (χ2v) is 5.37.